The average molecular weight is 352 g/mol. The number of nitrogens with one attached hydrogen (secondary N) is 1. The molecule has 2 N–H and O–H groups in total. The lowest BCUT2D eigenvalue weighted by molar-refractivity contribution is -0.137. The topological polar surface area (TPSA) is 86.7 Å². The van der Waals surface area contributed by atoms with Crippen molar-refractivity contribution in [3.05, 3.63) is 29.6 Å². The lowest BCUT2D eigenvalue weighted by atomic mass is 10.1. The summed E-state index contributed by atoms with van der Waals surface area (Å²) in [5, 5.41) is 11.4. The molecule has 2 amide bonds. The van der Waals surface area contributed by atoms with E-state index in [0.717, 1.165) is 6.07 Å². The molecule has 0 aliphatic heterocycles. The number of rotatable bonds is 8. The van der Waals surface area contributed by atoms with Crippen LogP contribution in [0.15, 0.2) is 18.2 Å². The SMILES string of the molecule is CC(C)CC(=O)Nc1ccc(C(=O)N(CC(=O)O)CC(C)C)cc1F. The van der Waals surface area contributed by atoms with E-state index in [4.69, 9.17) is 5.11 Å². The highest BCUT2D eigenvalue weighted by Crippen LogP contribution is 2.18. The summed E-state index contributed by atoms with van der Waals surface area (Å²) >= 11 is 0. The molecule has 0 unspecified atom stereocenters. The maximum atomic E-state index is 14.2. The summed E-state index contributed by atoms with van der Waals surface area (Å²) < 4.78 is 14.2. The van der Waals surface area contributed by atoms with Crippen LogP contribution < -0.4 is 5.32 Å². The normalized spacial score (nSPS) is 10.8. The molecule has 1 rings (SSSR count). The van der Waals surface area contributed by atoms with Crippen LogP contribution in [0.4, 0.5) is 10.1 Å². The third-order valence-corrected chi connectivity index (χ3v) is 3.28. The van der Waals surface area contributed by atoms with E-state index in [2.05, 4.69) is 5.32 Å². The second kappa shape index (κ2) is 9.15. The Hall–Kier alpha value is -2.44. The summed E-state index contributed by atoms with van der Waals surface area (Å²) in [6.07, 6.45) is 0.265. The Morgan fingerprint density at radius 3 is 2.28 bits per heavy atom. The molecule has 0 saturated carbocycles. The Balaban J connectivity index is 2.94. The quantitative estimate of drug-likeness (QED) is 0.753. The van der Waals surface area contributed by atoms with Crippen LogP contribution in [0, 0.1) is 17.7 Å². The second-order valence-electron chi connectivity index (χ2n) is 6.81. The molecule has 138 valence electrons. The van der Waals surface area contributed by atoms with Crippen molar-refractivity contribution in [2.45, 2.75) is 34.1 Å². The molecule has 0 fully saturated rings. The van der Waals surface area contributed by atoms with Gasteiger partial charge >= 0.3 is 5.97 Å². The van der Waals surface area contributed by atoms with Crippen LogP contribution in [0.3, 0.4) is 0 Å². The van der Waals surface area contributed by atoms with Crippen molar-refractivity contribution in [1.29, 1.82) is 0 Å². The molecule has 0 saturated heterocycles. The van der Waals surface area contributed by atoms with Crippen LogP contribution in [0.25, 0.3) is 0 Å². The number of aliphatic carboxylic acids is 1. The van der Waals surface area contributed by atoms with Gasteiger partial charge in [0.1, 0.15) is 12.4 Å². The van der Waals surface area contributed by atoms with Gasteiger partial charge in [-0.3, -0.25) is 14.4 Å². The molecular formula is C18H25FN2O4. The summed E-state index contributed by atoms with van der Waals surface area (Å²) in [4.78, 5) is 36.3. The minimum absolute atomic E-state index is 0.00385. The maximum Gasteiger partial charge on any atom is 0.323 e. The van der Waals surface area contributed by atoms with Gasteiger partial charge in [0.05, 0.1) is 5.69 Å². The summed E-state index contributed by atoms with van der Waals surface area (Å²) in [7, 11) is 0. The zero-order valence-electron chi connectivity index (χ0n) is 15.0. The number of nitrogens with zero attached hydrogens (tertiary/aromatic N) is 1. The van der Waals surface area contributed by atoms with E-state index >= 15 is 0 Å². The van der Waals surface area contributed by atoms with Gasteiger partial charge in [-0.15, -0.1) is 0 Å². The Morgan fingerprint density at radius 1 is 1.16 bits per heavy atom. The van der Waals surface area contributed by atoms with E-state index in [-0.39, 0.29) is 42.0 Å². The molecule has 0 heterocycles. The third kappa shape index (κ3) is 6.91. The zero-order valence-corrected chi connectivity index (χ0v) is 15.0. The molecular weight excluding hydrogens is 327 g/mol. The van der Waals surface area contributed by atoms with Crippen molar-refractivity contribution in [1.82, 2.24) is 4.90 Å². The molecule has 25 heavy (non-hydrogen) atoms. The van der Waals surface area contributed by atoms with Gasteiger partial charge in [-0.1, -0.05) is 27.7 Å². The Kier molecular flexibility index (Phi) is 7.54. The van der Waals surface area contributed by atoms with Gasteiger partial charge in [-0.25, -0.2) is 4.39 Å². The van der Waals surface area contributed by atoms with Crippen molar-refractivity contribution in [2.24, 2.45) is 11.8 Å². The fourth-order valence-electron chi connectivity index (χ4n) is 2.33. The van der Waals surface area contributed by atoms with E-state index in [9.17, 15) is 18.8 Å². The molecule has 1 aromatic carbocycles. The van der Waals surface area contributed by atoms with Gasteiger partial charge < -0.3 is 15.3 Å². The molecule has 0 bridgehead atoms. The predicted octanol–water partition coefficient (Wildman–Crippen LogP) is 2.99. The minimum atomic E-state index is -1.13. The van der Waals surface area contributed by atoms with Crippen molar-refractivity contribution in [2.75, 3.05) is 18.4 Å². The summed E-state index contributed by atoms with van der Waals surface area (Å²) in [6, 6.07) is 3.71. The van der Waals surface area contributed by atoms with Gasteiger partial charge in [0, 0.05) is 18.5 Å². The summed E-state index contributed by atoms with van der Waals surface area (Å²) in [5.74, 6) is -2.52. The molecule has 0 aromatic heterocycles. The average Bonchev–Trinajstić information content (AvgIpc) is 2.46. The first kappa shape index (κ1) is 20.6. The molecule has 1 aromatic rings. The largest absolute Gasteiger partial charge is 0.480 e. The highest BCUT2D eigenvalue weighted by Gasteiger charge is 2.21. The van der Waals surface area contributed by atoms with Crippen LogP contribution in [0.2, 0.25) is 0 Å². The number of carboxylic acid groups (broad SMARTS) is 1. The van der Waals surface area contributed by atoms with Gasteiger partial charge in [0.15, 0.2) is 0 Å². The predicted molar refractivity (Wildman–Crippen MR) is 92.9 cm³/mol. The Labute approximate surface area is 147 Å². The maximum absolute atomic E-state index is 14.2. The minimum Gasteiger partial charge on any atom is -0.480 e. The van der Waals surface area contributed by atoms with Gasteiger partial charge in [0.25, 0.3) is 5.91 Å². The fourth-order valence-corrected chi connectivity index (χ4v) is 2.33. The van der Waals surface area contributed by atoms with E-state index in [0.29, 0.717) is 0 Å². The van der Waals surface area contributed by atoms with Gasteiger partial charge in [-0.2, -0.15) is 0 Å². The molecule has 6 nitrogen and oxygen atoms in total. The highest BCUT2D eigenvalue weighted by molar-refractivity contribution is 5.97. The number of anilines is 1. The molecule has 0 spiro atoms. The van der Waals surface area contributed by atoms with Crippen molar-refractivity contribution >= 4 is 23.5 Å². The number of benzene rings is 1. The number of hydrogen-bond acceptors (Lipinski definition) is 3. The first-order valence-electron chi connectivity index (χ1n) is 8.20. The van der Waals surface area contributed by atoms with E-state index < -0.39 is 24.2 Å². The van der Waals surface area contributed by atoms with E-state index in [1.165, 1.54) is 17.0 Å². The highest BCUT2D eigenvalue weighted by atomic mass is 19.1. The molecule has 0 atom stereocenters. The van der Waals surface area contributed by atoms with Crippen LogP contribution in [0.1, 0.15) is 44.5 Å². The molecule has 0 radical (unpaired) electrons. The molecule has 7 heteroatoms. The Morgan fingerprint density at radius 2 is 1.80 bits per heavy atom. The standard InChI is InChI=1S/C18H25FN2O4/c1-11(2)7-16(22)20-15-6-5-13(8-14(15)19)18(25)21(9-12(3)4)10-17(23)24/h5-6,8,11-12H,7,9-10H2,1-4H3,(H,20,22)(H,23,24). The molecule has 0 aliphatic rings. The fraction of sp³-hybridized carbons (Fsp3) is 0.500. The van der Waals surface area contributed by atoms with Crippen molar-refractivity contribution in [3.63, 3.8) is 0 Å². The van der Waals surface area contributed by atoms with E-state index in [1.807, 2.05) is 27.7 Å². The summed E-state index contributed by atoms with van der Waals surface area (Å²) in [6.45, 7) is 7.27. The lowest BCUT2D eigenvalue weighted by Crippen LogP contribution is -2.38. The number of hydrogen-bond donors (Lipinski definition) is 2. The van der Waals surface area contributed by atoms with Crippen LogP contribution in [-0.4, -0.2) is 40.9 Å². The van der Waals surface area contributed by atoms with Crippen molar-refractivity contribution in [3.8, 4) is 0 Å². The van der Waals surface area contributed by atoms with Crippen LogP contribution in [0.5, 0.6) is 0 Å². The first-order chi connectivity index (χ1) is 11.6. The number of halogens is 1. The third-order valence-electron chi connectivity index (χ3n) is 3.28. The first-order valence-corrected chi connectivity index (χ1v) is 8.20. The number of carbonyl (C=O) groups excluding carboxylic acids is 2. The number of amides is 2. The number of carboxylic acids is 1. The van der Waals surface area contributed by atoms with Crippen LogP contribution >= 0.6 is 0 Å². The number of carbonyl (C=O) groups is 3. The Bertz CT molecular complexity index is 644. The zero-order chi connectivity index (χ0) is 19.1. The lowest BCUT2D eigenvalue weighted by Gasteiger charge is -2.23. The summed E-state index contributed by atoms with van der Waals surface area (Å²) in [5.41, 5.74) is 0.0390. The monoisotopic (exact) mass is 352 g/mol. The smallest absolute Gasteiger partial charge is 0.323 e. The van der Waals surface area contributed by atoms with Gasteiger partial charge in [0.2, 0.25) is 5.91 Å². The second-order valence-corrected chi connectivity index (χ2v) is 6.81. The van der Waals surface area contributed by atoms with Gasteiger partial charge in [-0.05, 0) is 30.0 Å². The molecule has 0 aliphatic carbocycles. The van der Waals surface area contributed by atoms with Crippen molar-refractivity contribution < 1.29 is 23.9 Å². The van der Waals surface area contributed by atoms with Crippen LogP contribution in [-0.2, 0) is 9.59 Å². The van der Waals surface area contributed by atoms with E-state index in [1.54, 1.807) is 0 Å².